The van der Waals surface area contributed by atoms with Crippen LogP contribution in [0.4, 0.5) is 18.0 Å². The lowest BCUT2D eigenvalue weighted by atomic mass is 10.1. The molecule has 160 valence electrons. The average molecular weight is 416 g/mol. The van der Waals surface area contributed by atoms with Crippen molar-refractivity contribution in [3.63, 3.8) is 0 Å². The molecule has 1 aliphatic carbocycles. The van der Waals surface area contributed by atoms with Crippen LogP contribution in [-0.4, -0.2) is 42.8 Å². The summed E-state index contributed by atoms with van der Waals surface area (Å²) in [7, 11) is 0. The maximum absolute atomic E-state index is 12.1. The zero-order chi connectivity index (χ0) is 21.4. The van der Waals surface area contributed by atoms with Crippen molar-refractivity contribution in [2.45, 2.75) is 57.5 Å². The number of benzene rings is 1. The number of halogens is 3. The second-order valence-corrected chi connectivity index (χ2v) is 6.80. The molecule has 0 bridgehead atoms. The van der Waals surface area contributed by atoms with Gasteiger partial charge in [0.25, 0.3) is 5.91 Å². The van der Waals surface area contributed by atoms with Gasteiger partial charge in [-0.2, -0.15) is 13.2 Å². The summed E-state index contributed by atoms with van der Waals surface area (Å²) in [5, 5.41) is 4.82. The van der Waals surface area contributed by atoms with Crippen LogP contribution in [-0.2, 0) is 20.9 Å². The van der Waals surface area contributed by atoms with Gasteiger partial charge in [0, 0.05) is 6.04 Å². The number of amides is 3. The molecule has 0 aromatic heterocycles. The molecule has 1 saturated carbocycles. The molecule has 2 N–H and O–H groups in total. The van der Waals surface area contributed by atoms with Crippen molar-refractivity contribution in [1.29, 1.82) is 0 Å². The van der Waals surface area contributed by atoms with Crippen molar-refractivity contribution in [3.8, 4) is 0 Å². The van der Waals surface area contributed by atoms with E-state index in [-0.39, 0.29) is 18.2 Å². The Labute approximate surface area is 165 Å². The van der Waals surface area contributed by atoms with Crippen LogP contribution in [0, 0.1) is 0 Å². The van der Waals surface area contributed by atoms with Crippen molar-refractivity contribution >= 4 is 17.9 Å². The number of rotatable bonds is 7. The molecular weight excluding hydrogens is 393 g/mol. The van der Waals surface area contributed by atoms with E-state index in [9.17, 15) is 27.6 Å². The summed E-state index contributed by atoms with van der Waals surface area (Å²) in [6.07, 6.45) is -1.83. The van der Waals surface area contributed by atoms with E-state index in [1.165, 1.54) is 31.2 Å². The molecule has 2 rings (SSSR count). The summed E-state index contributed by atoms with van der Waals surface area (Å²) >= 11 is 0. The fraction of sp³-hybridized carbons (Fsp3) is 0.526. The van der Waals surface area contributed by atoms with Crippen molar-refractivity contribution in [1.82, 2.24) is 10.6 Å². The SMILES string of the molecule is CC(OC(=O)c1ccc(COCC(F)(F)F)cc1)C(=O)NC(=O)NC1CCCC1. The largest absolute Gasteiger partial charge is 0.449 e. The number of hydrogen-bond donors (Lipinski definition) is 2. The molecule has 0 spiro atoms. The summed E-state index contributed by atoms with van der Waals surface area (Å²) < 4.78 is 45.7. The minimum Gasteiger partial charge on any atom is -0.449 e. The average Bonchev–Trinajstić information content (AvgIpc) is 3.13. The molecule has 1 aliphatic rings. The van der Waals surface area contributed by atoms with Crippen molar-refractivity contribution < 1.29 is 37.0 Å². The molecule has 1 atom stereocenters. The van der Waals surface area contributed by atoms with E-state index >= 15 is 0 Å². The van der Waals surface area contributed by atoms with E-state index in [0.29, 0.717) is 5.56 Å². The van der Waals surface area contributed by atoms with Crippen LogP contribution in [0.15, 0.2) is 24.3 Å². The van der Waals surface area contributed by atoms with Gasteiger partial charge in [-0.05, 0) is 37.5 Å². The molecule has 29 heavy (non-hydrogen) atoms. The summed E-state index contributed by atoms with van der Waals surface area (Å²) in [4.78, 5) is 35.9. The van der Waals surface area contributed by atoms with Gasteiger partial charge in [0.15, 0.2) is 6.10 Å². The maximum Gasteiger partial charge on any atom is 0.411 e. The standard InChI is InChI=1S/C19H23F3N2O5/c1-12(16(25)24-18(27)23-15-4-2-3-5-15)29-17(26)14-8-6-13(7-9-14)10-28-11-19(20,21)22/h6-9,12,15H,2-5,10-11H2,1H3,(H2,23,24,25,27). The van der Waals surface area contributed by atoms with Crippen LogP contribution in [0.1, 0.15) is 48.5 Å². The first-order chi connectivity index (χ1) is 13.6. The normalized spacial score (nSPS) is 15.6. The third-order valence-electron chi connectivity index (χ3n) is 4.30. The summed E-state index contributed by atoms with van der Waals surface area (Å²) in [6, 6.07) is 4.96. The maximum atomic E-state index is 12.1. The molecule has 3 amide bonds. The number of urea groups is 1. The van der Waals surface area contributed by atoms with Crippen LogP contribution in [0.25, 0.3) is 0 Å². The third kappa shape index (κ3) is 8.10. The van der Waals surface area contributed by atoms with E-state index in [1.54, 1.807) is 0 Å². The number of imide groups is 1. The van der Waals surface area contributed by atoms with Gasteiger partial charge < -0.3 is 14.8 Å². The highest BCUT2D eigenvalue weighted by Gasteiger charge is 2.27. The van der Waals surface area contributed by atoms with Gasteiger partial charge >= 0.3 is 18.2 Å². The molecule has 10 heteroatoms. The number of ether oxygens (including phenoxy) is 2. The minimum atomic E-state index is -4.41. The van der Waals surface area contributed by atoms with Gasteiger partial charge in [0.2, 0.25) is 0 Å². The first-order valence-electron chi connectivity index (χ1n) is 9.20. The summed E-state index contributed by atoms with van der Waals surface area (Å²) in [5.41, 5.74) is 0.555. The van der Waals surface area contributed by atoms with E-state index in [4.69, 9.17) is 4.74 Å². The second kappa shape index (κ2) is 10.2. The first-order valence-corrected chi connectivity index (χ1v) is 9.20. The van der Waals surface area contributed by atoms with E-state index in [2.05, 4.69) is 15.4 Å². The van der Waals surface area contributed by atoms with Crippen molar-refractivity contribution in [3.05, 3.63) is 35.4 Å². The second-order valence-electron chi connectivity index (χ2n) is 6.80. The van der Waals surface area contributed by atoms with Gasteiger partial charge in [-0.3, -0.25) is 10.1 Å². The van der Waals surface area contributed by atoms with Crippen LogP contribution in [0.2, 0.25) is 0 Å². The van der Waals surface area contributed by atoms with E-state index < -0.39 is 36.8 Å². The third-order valence-corrected chi connectivity index (χ3v) is 4.30. The highest BCUT2D eigenvalue weighted by atomic mass is 19.4. The number of alkyl halides is 3. The fourth-order valence-corrected chi connectivity index (χ4v) is 2.81. The van der Waals surface area contributed by atoms with Crippen LogP contribution in [0.5, 0.6) is 0 Å². The Morgan fingerprint density at radius 1 is 1.14 bits per heavy atom. The number of nitrogens with one attached hydrogen (secondary N) is 2. The molecule has 1 unspecified atom stereocenters. The molecule has 0 radical (unpaired) electrons. The lowest BCUT2D eigenvalue weighted by Gasteiger charge is -2.15. The van der Waals surface area contributed by atoms with E-state index in [0.717, 1.165) is 25.7 Å². The highest BCUT2D eigenvalue weighted by Crippen LogP contribution is 2.17. The zero-order valence-electron chi connectivity index (χ0n) is 15.9. The Balaban J connectivity index is 1.77. The molecule has 0 saturated heterocycles. The van der Waals surface area contributed by atoms with Crippen molar-refractivity contribution in [2.24, 2.45) is 0 Å². The van der Waals surface area contributed by atoms with Crippen LogP contribution in [0.3, 0.4) is 0 Å². The number of esters is 1. The predicted molar refractivity (Wildman–Crippen MR) is 96.0 cm³/mol. The number of hydrogen-bond acceptors (Lipinski definition) is 5. The Kier molecular flexibility index (Phi) is 8.00. The highest BCUT2D eigenvalue weighted by molar-refractivity contribution is 5.98. The Morgan fingerprint density at radius 3 is 2.34 bits per heavy atom. The number of carbonyl (C=O) groups is 3. The predicted octanol–water partition coefficient (Wildman–Crippen LogP) is 3.08. The topological polar surface area (TPSA) is 93.7 Å². The van der Waals surface area contributed by atoms with Crippen molar-refractivity contribution in [2.75, 3.05) is 6.61 Å². The Hall–Kier alpha value is -2.62. The smallest absolute Gasteiger partial charge is 0.411 e. The van der Waals surface area contributed by atoms with Gasteiger partial charge in [0.05, 0.1) is 12.2 Å². The number of carbonyl (C=O) groups excluding carboxylic acids is 3. The Bertz CT molecular complexity index is 716. The molecule has 0 aliphatic heterocycles. The summed E-state index contributed by atoms with van der Waals surface area (Å²) in [6.45, 7) is -0.295. The monoisotopic (exact) mass is 416 g/mol. The fourth-order valence-electron chi connectivity index (χ4n) is 2.81. The quantitative estimate of drug-likeness (QED) is 0.667. The zero-order valence-corrected chi connectivity index (χ0v) is 15.9. The molecule has 1 aromatic rings. The lowest BCUT2D eigenvalue weighted by Crippen LogP contribution is -2.47. The van der Waals surface area contributed by atoms with Crippen LogP contribution < -0.4 is 10.6 Å². The molecular formula is C19H23F3N2O5. The molecule has 1 aromatic carbocycles. The lowest BCUT2D eigenvalue weighted by molar-refractivity contribution is -0.176. The minimum absolute atomic E-state index is 0.0410. The van der Waals surface area contributed by atoms with Gasteiger partial charge in [-0.1, -0.05) is 25.0 Å². The molecule has 7 nitrogen and oxygen atoms in total. The first kappa shape index (κ1) is 22.7. The molecule has 0 heterocycles. The van der Waals surface area contributed by atoms with Crippen LogP contribution >= 0.6 is 0 Å². The van der Waals surface area contributed by atoms with Gasteiger partial charge in [0.1, 0.15) is 6.61 Å². The Morgan fingerprint density at radius 2 is 1.76 bits per heavy atom. The van der Waals surface area contributed by atoms with Gasteiger partial charge in [-0.15, -0.1) is 0 Å². The van der Waals surface area contributed by atoms with Gasteiger partial charge in [-0.25, -0.2) is 9.59 Å². The van der Waals surface area contributed by atoms with E-state index in [1.807, 2.05) is 0 Å². The molecule has 1 fully saturated rings. The summed E-state index contributed by atoms with van der Waals surface area (Å²) in [5.74, 6) is -1.56.